The quantitative estimate of drug-likeness (QED) is 0.543. The summed E-state index contributed by atoms with van der Waals surface area (Å²) in [5, 5.41) is 0. The minimum atomic E-state index is -0.146. The maximum Gasteiger partial charge on any atom is 0.158 e. The van der Waals surface area contributed by atoms with Gasteiger partial charge in [-0.15, -0.1) is 0 Å². The molecule has 1 unspecified atom stereocenters. The average molecular weight is 417 g/mol. The first-order valence-corrected chi connectivity index (χ1v) is 11.6. The summed E-state index contributed by atoms with van der Waals surface area (Å²) in [6.07, 6.45) is 5.62. The molecule has 2 saturated carbocycles. The third-order valence-corrected chi connectivity index (χ3v) is 7.55. The summed E-state index contributed by atoms with van der Waals surface area (Å²) in [7, 11) is 1.67. The van der Waals surface area contributed by atoms with Gasteiger partial charge in [0.15, 0.2) is 6.29 Å². The molecule has 5 heteroatoms. The molecule has 1 aromatic rings. The van der Waals surface area contributed by atoms with E-state index in [9.17, 15) is 4.79 Å². The molecule has 0 amide bonds. The fourth-order valence-electron chi connectivity index (χ4n) is 6.27. The van der Waals surface area contributed by atoms with Crippen LogP contribution in [0.2, 0.25) is 0 Å². The van der Waals surface area contributed by atoms with Gasteiger partial charge < -0.3 is 18.9 Å². The second-order valence-electron chi connectivity index (χ2n) is 9.37. The molecule has 30 heavy (non-hydrogen) atoms. The highest BCUT2D eigenvalue weighted by Gasteiger charge is 2.64. The first-order valence-electron chi connectivity index (χ1n) is 11.6. The van der Waals surface area contributed by atoms with Crippen LogP contribution < -0.4 is 4.74 Å². The molecule has 0 aromatic heterocycles. The van der Waals surface area contributed by atoms with Gasteiger partial charge in [0.2, 0.25) is 0 Å². The van der Waals surface area contributed by atoms with Crippen LogP contribution in [0.5, 0.6) is 5.75 Å². The molecule has 6 atom stereocenters. The first kappa shape index (κ1) is 21.8. The summed E-state index contributed by atoms with van der Waals surface area (Å²) in [5.41, 5.74) is 1.12. The number of hydrogen-bond donors (Lipinski definition) is 0. The molecule has 0 radical (unpaired) electrons. The monoisotopic (exact) mass is 416 g/mol. The van der Waals surface area contributed by atoms with E-state index >= 15 is 0 Å². The third-order valence-electron chi connectivity index (χ3n) is 7.55. The highest BCUT2D eigenvalue weighted by atomic mass is 16.7. The highest BCUT2D eigenvalue weighted by Crippen LogP contribution is 2.63. The van der Waals surface area contributed by atoms with Gasteiger partial charge in [-0.25, -0.2) is 0 Å². The van der Waals surface area contributed by atoms with Crippen LogP contribution in [-0.4, -0.2) is 38.5 Å². The second-order valence-corrected chi connectivity index (χ2v) is 9.37. The number of benzene rings is 1. The van der Waals surface area contributed by atoms with Crippen LogP contribution in [-0.2, 0) is 25.6 Å². The molecule has 1 aliphatic heterocycles. The molecule has 2 aliphatic carbocycles. The first-order chi connectivity index (χ1) is 14.6. The molecule has 1 saturated heterocycles. The highest BCUT2D eigenvalue weighted by molar-refractivity contribution is 5.85. The Kier molecular flexibility index (Phi) is 6.81. The van der Waals surface area contributed by atoms with Crippen molar-refractivity contribution >= 4 is 5.78 Å². The topological polar surface area (TPSA) is 54.0 Å². The van der Waals surface area contributed by atoms with Crippen molar-refractivity contribution in [3.8, 4) is 5.75 Å². The Morgan fingerprint density at radius 3 is 2.73 bits per heavy atom. The lowest BCUT2D eigenvalue weighted by Crippen LogP contribution is -2.45. The summed E-state index contributed by atoms with van der Waals surface area (Å²) in [6, 6.07) is 7.96. The van der Waals surface area contributed by atoms with Crippen molar-refractivity contribution in [1.29, 1.82) is 0 Å². The Morgan fingerprint density at radius 1 is 1.20 bits per heavy atom. The van der Waals surface area contributed by atoms with Gasteiger partial charge in [-0.05, 0) is 62.1 Å². The van der Waals surface area contributed by atoms with Crippen LogP contribution in [0.1, 0.15) is 57.9 Å². The Hall–Kier alpha value is -1.43. The van der Waals surface area contributed by atoms with Gasteiger partial charge in [-0.3, -0.25) is 4.79 Å². The normalized spacial score (nSPS) is 35.3. The summed E-state index contributed by atoms with van der Waals surface area (Å²) in [4.78, 5) is 13.0. The number of ketones is 1. The van der Waals surface area contributed by atoms with Crippen molar-refractivity contribution in [2.24, 2.45) is 23.2 Å². The van der Waals surface area contributed by atoms with Crippen molar-refractivity contribution in [3.05, 3.63) is 29.8 Å². The molecular formula is C25H36O5. The van der Waals surface area contributed by atoms with Crippen molar-refractivity contribution in [2.75, 3.05) is 20.3 Å². The zero-order chi connectivity index (χ0) is 21.1. The predicted molar refractivity (Wildman–Crippen MR) is 114 cm³/mol. The van der Waals surface area contributed by atoms with Crippen LogP contribution in [0, 0.1) is 23.2 Å². The third kappa shape index (κ3) is 4.17. The number of carbonyl (C=O) groups excluding carboxylic acids is 1. The lowest BCUT2D eigenvalue weighted by Gasteiger charge is -2.45. The number of rotatable bonds is 9. The summed E-state index contributed by atoms with van der Waals surface area (Å²) < 4.78 is 23.3. The minimum absolute atomic E-state index is 0.0145. The van der Waals surface area contributed by atoms with E-state index in [1.165, 1.54) is 0 Å². The number of Topliss-reactive ketones (excluding diaryl/α,β-unsaturated/α-hetero) is 1. The van der Waals surface area contributed by atoms with Gasteiger partial charge in [0.1, 0.15) is 11.5 Å². The summed E-state index contributed by atoms with van der Waals surface area (Å²) in [6.45, 7) is 6.23. The van der Waals surface area contributed by atoms with Gasteiger partial charge in [0, 0.05) is 37.4 Å². The summed E-state index contributed by atoms with van der Waals surface area (Å²) >= 11 is 0. The predicted octanol–water partition coefficient (Wildman–Crippen LogP) is 4.77. The number of methoxy groups -OCH3 is 1. The SMILES string of the molecule is CCOC1C[C@@]23[C@H](CC(=O)[C@@H]2CCCOCc2ccc(OC)cc2)C[C@@H](C)C[C@H]3O1. The van der Waals surface area contributed by atoms with E-state index in [-0.39, 0.29) is 23.7 Å². The average Bonchev–Trinajstić information content (AvgIpc) is 3.22. The lowest BCUT2D eigenvalue weighted by atomic mass is 9.59. The maximum absolute atomic E-state index is 13.0. The van der Waals surface area contributed by atoms with Gasteiger partial charge in [0.25, 0.3) is 0 Å². The number of ether oxygens (including phenoxy) is 4. The summed E-state index contributed by atoms with van der Waals surface area (Å²) in [5.74, 6) is 2.46. The molecule has 166 valence electrons. The van der Waals surface area contributed by atoms with E-state index in [1.54, 1.807) is 7.11 Å². The Labute approximate surface area is 180 Å². The van der Waals surface area contributed by atoms with Crippen LogP contribution in [0.25, 0.3) is 0 Å². The molecule has 1 aromatic carbocycles. The molecule has 3 fully saturated rings. The number of hydrogen-bond acceptors (Lipinski definition) is 5. The standard InChI is InChI=1S/C25H36O5/c1-4-29-24-15-25-19(12-17(2)13-23(25)30-24)14-22(26)21(25)6-5-11-28-16-18-7-9-20(27-3)10-8-18/h7-10,17,19,21,23-24H,4-6,11-16H2,1-3H3/t17-,19+,21+,23-,24?,25-/m1/s1. The van der Waals surface area contributed by atoms with E-state index in [0.29, 0.717) is 37.4 Å². The lowest BCUT2D eigenvalue weighted by molar-refractivity contribution is -0.145. The van der Waals surface area contributed by atoms with Gasteiger partial charge in [-0.2, -0.15) is 0 Å². The van der Waals surface area contributed by atoms with E-state index in [1.807, 2.05) is 31.2 Å². The minimum Gasteiger partial charge on any atom is -0.497 e. The van der Waals surface area contributed by atoms with Gasteiger partial charge in [-0.1, -0.05) is 19.1 Å². The van der Waals surface area contributed by atoms with Gasteiger partial charge >= 0.3 is 0 Å². The molecule has 0 N–H and O–H groups in total. The largest absolute Gasteiger partial charge is 0.497 e. The molecule has 5 nitrogen and oxygen atoms in total. The van der Waals surface area contributed by atoms with E-state index in [2.05, 4.69) is 6.92 Å². The van der Waals surface area contributed by atoms with Crippen molar-refractivity contribution in [3.63, 3.8) is 0 Å². The fraction of sp³-hybridized carbons (Fsp3) is 0.720. The molecule has 4 rings (SSSR count). The van der Waals surface area contributed by atoms with Crippen molar-refractivity contribution < 1.29 is 23.7 Å². The van der Waals surface area contributed by atoms with Crippen LogP contribution in [0.3, 0.4) is 0 Å². The molecular weight excluding hydrogens is 380 g/mol. The van der Waals surface area contributed by atoms with Crippen LogP contribution in [0.15, 0.2) is 24.3 Å². The van der Waals surface area contributed by atoms with Gasteiger partial charge in [0.05, 0.1) is 19.8 Å². The fourth-order valence-corrected chi connectivity index (χ4v) is 6.27. The maximum atomic E-state index is 13.0. The molecule has 3 aliphatic rings. The Bertz CT molecular complexity index is 717. The molecule has 1 heterocycles. The number of carbonyl (C=O) groups is 1. The molecule has 1 spiro atoms. The van der Waals surface area contributed by atoms with E-state index in [4.69, 9.17) is 18.9 Å². The zero-order valence-electron chi connectivity index (χ0n) is 18.6. The zero-order valence-corrected chi connectivity index (χ0v) is 18.6. The van der Waals surface area contributed by atoms with E-state index < -0.39 is 0 Å². The van der Waals surface area contributed by atoms with E-state index in [0.717, 1.165) is 49.8 Å². The molecule has 0 bridgehead atoms. The second kappa shape index (κ2) is 9.37. The van der Waals surface area contributed by atoms with Crippen molar-refractivity contribution in [2.45, 2.75) is 71.4 Å². The Balaban J connectivity index is 1.34. The van der Waals surface area contributed by atoms with Crippen molar-refractivity contribution in [1.82, 2.24) is 0 Å². The van der Waals surface area contributed by atoms with Crippen LogP contribution in [0.4, 0.5) is 0 Å². The van der Waals surface area contributed by atoms with Crippen LogP contribution >= 0.6 is 0 Å². The Morgan fingerprint density at radius 2 is 2.00 bits per heavy atom. The smallest absolute Gasteiger partial charge is 0.158 e.